The van der Waals surface area contributed by atoms with Crippen molar-refractivity contribution < 1.29 is 14.3 Å². The van der Waals surface area contributed by atoms with Crippen LogP contribution in [0.4, 0.5) is 0 Å². The smallest absolute Gasteiger partial charge is 0.260 e. The predicted molar refractivity (Wildman–Crippen MR) is 99.3 cm³/mol. The molecule has 8 heteroatoms. The lowest BCUT2D eigenvalue weighted by molar-refractivity contribution is -0.137. The van der Waals surface area contributed by atoms with Crippen LogP contribution in [0.3, 0.4) is 0 Å². The summed E-state index contributed by atoms with van der Waals surface area (Å²) in [6.07, 6.45) is 6.39. The number of hydrogen-bond acceptors (Lipinski definition) is 5. The Morgan fingerprint density at radius 2 is 1.69 bits per heavy atom. The van der Waals surface area contributed by atoms with Crippen molar-refractivity contribution in [2.45, 2.75) is 31.7 Å². The van der Waals surface area contributed by atoms with E-state index in [2.05, 4.69) is 0 Å². The summed E-state index contributed by atoms with van der Waals surface area (Å²) in [6.45, 7) is 1.20. The van der Waals surface area contributed by atoms with Crippen LogP contribution in [0.25, 0.3) is 0 Å². The number of carbonyl (C=O) groups is 2. The number of amides is 2. The molecule has 144 valence electrons. The summed E-state index contributed by atoms with van der Waals surface area (Å²) in [5.74, 6) is 0.423. The summed E-state index contributed by atoms with van der Waals surface area (Å²) < 4.78 is 5.17. The molecule has 2 amide bonds. The number of likely N-dealkylation sites (tertiary alicyclic amines) is 1. The number of amidine groups is 1. The summed E-state index contributed by atoms with van der Waals surface area (Å²) in [5, 5.41) is 15.3. The maximum atomic E-state index is 12.3. The minimum Gasteiger partial charge on any atom is -0.468 e. The second-order valence-electron chi connectivity index (χ2n) is 7.10. The Hall–Kier alpha value is -2.38. The van der Waals surface area contributed by atoms with Crippen LogP contribution in [0.1, 0.15) is 25.7 Å². The van der Waals surface area contributed by atoms with Gasteiger partial charge in [0, 0.05) is 52.3 Å². The van der Waals surface area contributed by atoms with Crippen molar-refractivity contribution in [3.05, 3.63) is 12.2 Å². The van der Waals surface area contributed by atoms with E-state index >= 15 is 0 Å². The molecule has 0 aromatic carbocycles. The molecule has 0 spiro atoms. The lowest BCUT2D eigenvalue weighted by Crippen LogP contribution is -2.48. The number of nitrogens with zero attached hydrogens (tertiary/aromatic N) is 3. The van der Waals surface area contributed by atoms with E-state index in [4.69, 9.17) is 15.6 Å². The molecular weight excluding hydrogens is 334 g/mol. The van der Waals surface area contributed by atoms with Gasteiger partial charge in [0.15, 0.2) is 6.61 Å². The Balaban J connectivity index is 1.71. The molecular formula is C18H29N5O3. The number of ether oxygens (including phenoxy) is 1. The highest BCUT2D eigenvalue weighted by Gasteiger charge is 2.35. The van der Waals surface area contributed by atoms with E-state index in [0.29, 0.717) is 13.1 Å². The fourth-order valence-corrected chi connectivity index (χ4v) is 2.86. The van der Waals surface area contributed by atoms with E-state index < -0.39 is 0 Å². The van der Waals surface area contributed by atoms with Crippen LogP contribution in [0.5, 0.6) is 0 Å². The molecule has 2 aliphatic rings. The van der Waals surface area contributed by atoms with Crippen molar-refractivity contribution in [3.63, 3.8) is 0 Å². The number of hydrogen-bond donors (Lipinski definition) is 2. The number of piperidine rings is 1. The van der Waals surface area contributed by atoms with Gasteiger partial charge in [-0.25, -0.2) is 0 Å². The van der Waals surface area contributed by atoms with Gasteiger partial charge in [0.2, 0.25) is 11.8 Å². The lowest BCUT2D eigenvalue weighted by atomic mass is 10.0. The summed E-state index contributed by atoms with van der Waals surface area (Å²) >= 11 is 0. The Morgan fingerprint density at radius 1 is 1.08 bits per heavy atom. The second kappa shape index (κ2) is 8.82. The van der Waals surface area contributed by atoms with Crippen LogP contribution in [0, 0.1) is 16.7 Å². The molecule has 1 aliphatic carbocycles. The van der Waals surface area contributed by atoms with Crippen molar-refractivity contribution in [1.82, 2.24) is 14.7 Å². The molecule has 0 radical (unpaired) electrons. The van der Waals surface area contributed by atoms with Gasteiger partial charge in [0.25, 0.3) is 5.91 Å². The summed E-state index contributed by atoms with van der Waals surface area (Å²) in [5.41, 5.74) is 0. The average molecular weight is 363 g/mol. The molecule has 2 rings (SSSR count). The second-order valence-corrected chi connectivity index (χ2v) is 7.10. The monoisotopic (exact) mass is 363 g/mol. The van der Waals surface area contributed by atoms with Crippen LogP contribution >= 0.6 is 0 Å². The lowest BCUT2D eigenvalue weighted by Gasteiger charge is -2.36. The zero-order valence-corrected chi connectivity index (χ0v) is 15.8. The van der Waals surface area contributed by atoms with Crippen LogP contribution in [-0.2, 0) is 14.3 Å². The third kappa shape index (κ3) is 5.57. The molecule has 0 atom stereocenters. The molecule has 2 N–H and O–H groups in total. The Morgan fingerprint density at radius 3 is 2.23 bits per heavy atom. The standard InChI is InChI=1S/C18H29N5O3/c1-21(2)15(19)6-7-16(20)26-12-17(24)22(3)14-8-10-23(11-9-14)18(25)13-4-5-13/h6-7,13-14,19-20H,4-5,8-12H2,1-3H3. The third-order valence-corrected chi connectivity index (χ3v) is 4.87. The molecule has 1 aliphatic heterocycles. The average Bonchev–Trinajstić information content (AvgIpc) is 3.48. The van der Waals surface area contributed by atoms with Crippen molar-refractivity contribution in [3.8, 4) is 0 Å². The SMILES string of the molecule is CN(C)C(=N)C=CC(=N)OCC(=O)N(C)C1CCN(C(=O)C2CC2)CC1. The first kappa shape index (κ1) is 19.9. The zero-order valence-electron chi connectivity index (χ0n) is 15.8. The fourth-order valence-electron chi connectivity index (χ4n) is 2.86. The van der Waals surface area contributed by atoms with Crippen LogP contribution in [-0.4, -0.2) is 85.1 Å². The van der Waals surface area contributed by atoms with E-state index in [1.807, 2.05) is 4.90 Å². The molecule has 1 heterocycles. The van der Waals surface area contributed by atoms with Gasteiger partial charge < -0.3 is 19.4 Å². The maximum Gasteiger partial charge on any atom is 0.260 e. The van der Waals surface area contributed by atoms with Crippen molar-refractivity contribution >= 4 is 23.5 Å². The van der Waals surface area contributed by atoms with E-state index in [1.165, 1.54) is 12.2 Å². The third-order valence-electron chi connectivity index (χ3n) is 4.87. The van der Waals surface area contributed by atoms with Crippen LogP contribution < -0.4 is 0 Å². The first-order valence-electron chi connectivity index (χ1n) is 8.99. The highest BCUT2D eigenvalue weighted by molar-refractivity contribution is 5.97. The number of nitrogens with one attached hydrogen (secondary N) is 2. The van der Waals surface area contributed by atoms with Crippen molar-refractivity contribution in [2.24, 2.45) is 5.92 Å². The van der Waals surface area contributed by atoms with Gasteiger partial charge in [-0.3, -0.25) is 20.4 Å². The summed E-state index contributed by atoms with van der Waals surface area (Å²) in [7, 11) is 5.22. The van der Waals surface area contributed by atoms with Gasteiger partial charge in [-0.05, 0) is 31.8 Å². The van der Waals surface area contributed by atoms with E-state index in [-0.39, 0.29) is 42.1 Å². The molecule has 0 aromatic rings. The molecule has 0 aromatic heterocycles. The molecule has 2 fully saturated rings. The number of rotatable bonds is 6. The van der Waals surface area contributed by atoms with Gasteiger partial charge in [-0.2, -0.15) is 0 Å². The normalized spacial score (nSPS) is 17.9. The zero-order chi connectivity index (χ0) is 19.3. The Bertz CT molecular complexity index is 590. The minimum atomic E-state index is -0.198. The molecule has 0 bridgehead atoms. The predicted octanol–water partition coefficient (Wildman–Crippen LogP) is 0.935. The summed E-state index contributed by atoms with van der Waals surface area (Å²) in [4.78, 5) is 29.5. The van der Waals surface area contributed by atoms with E-state index in [9.17, 15) is 9.59 Å². The Kier molecular flexibility index (Phi) is 6.76. The number of carbonyl (C=O) groups excluding carboxylic acids is 2. The van der Waals surface area contributed by atoms with Crippen molar-refractivity contribution in [2.75, 3.05) is 40.8 Å². The highest BCUT2D eigenvalue weighted by atomic mass is 16.5. The van der Waals surface area contributed by atoms with Gasteiger partial charge >= 0.3 is 0 Å². The highest BCUT2D eigenvalue weighted by Crippen LogP contribution is 2.32. The van der Waals surface area contributed by atoms with Gasteiger partial charge in [-0.15, -0.1) is 0 Å². The van der Waals surface area contributed by atoms with Gasteiger partial charge in [0.1, 0.15) is 5.84 Å². The number of likely N-dealkylation sites (N-methyl/N-ethyl adjacent to an activating group) is 2. The first-order valence-corrected chi connectivity index (χ1v) is 8.99. The minimum absolute atomic E-state index is 0.0981. The molecule has 0 unspecified atom stereocenters. The largest absolute Gasteiger partial charge is 0.468 e. The molecule has 1 saturated heterocycles. The van der Waals surface area contributed by atoms with Gasteiger partial charge in [0.05, 0.1) is 0 Å². The fraction of sp³-hybridized carbons (Fsp3) is 0.667. The first-order chi connectivity index (χ1) is 12.3. The van der Waals surface area contributed by atoms with Crippen LogP contribution in [0.2, 0.25) is 0 Å². The summed E-state index contributed by atoms with van der Waals surface area (Å²) in [6, 6.07) is 0.0981. The Labute approximate surface area is 154 Å². The topological polar surface area (TPSA) is 101 Å². The molecule has 8 nitrogen and oxygen atoms in total. The quantitative estimate of drug-likeness (QED) is 0.541. The van der Waals surface area contributed by atoms with E-state index in [1.54, 1.807) is 30.9 Å². The maximum absolute atomic E-state index is 12.3. The van der Waals surface area contributed by atoms with Gasteiger partial charge in [-0.1, -0.05) is 0 Å². The molecule has 26 heavy (non-hydrogen) atoms. The van der Waals surface area contributed by atoms with E-state index in [0.717, 1.165) is 25.7 Å². The van der Waals surface area contributed by atoms with Crippen LogP contribution in [0.15, 0.2) is 12.2 Å². The molecule has 1 saturated carbocycles. The van der Waals surface area contributed by atoms with Crippen molar-refractivity contribution in [1.29, 1.82) is 10.8 Å².